The first-order valence-electron chi connectivity index (χ1n) is 11.4. The Morgan fingerprint density at radius 2 is 1.89 bits per heavy atom. The molecule has 0 radical (unpaired) electrons. The number of hydrogen-bond donors (Lipinski definition) is 4. The quantitative estimate of drug-likeness (QED) is 0.319. The van der Waals surface area contributed by atoms with Crippen molar-refractivity contribution in [2.45, 2.75) is 50.8 Å². The van der Waals surface area contributed by atoms with Crippen molar-refractivity contribution in [1.29, 1.82) is 0 Å². The minimum atomic E-state index is -1.63. The molecule has 0 bridgehead atoms. The number of amides is 2. The van der Waals surface area contributed by atoms with Gasteiger partial charge in [0.25, 0.3) is 5.91 Å². The van der Waals surface area contributed by atoms with Gasteiger partial charge in [-0.1, -0.05) is 44.2 Å². The van der Waals surface area contributed by atoms with Crippen molar-refractivity contribution in [3.8, 4) is 0 Å². The van der Waals surface area contributed by atoms with Crippen molar-refractivity contribution in [2.24, 2.45) is 11.7 Å². The van der Waals surface area contributed by atoms with E-state index >= 15 is 0 Å². The van der Waals surface area contributed by atoms with Crippen LogP contribution >= 0.6 is 0 Å². The highest BCUT2D eigenvalue weighted by atomic mass is 16.6. The molecule has 1 saturated heterocycles. The van der Waals surface area contributed by atoms with Gasteiger partial charge in [0, 0.05) is 18.8 Å². The SMILES string of the molecule is CC(C)C[C@H](NC(=O)[C@H](Cc1ccccc1)NC(=O)c1cnccn1)B1OC(=O)[C@@H](N)[C@H](C(=O)O)O1. The number of hydrogen-bond acceptors (Lipinski definition) is 9. The Balaban J connectivity index is 1.82. The van der Waals surface area contributed by atoms with Crippen LogP contribution in [0, 0.1) is 5.92 Å². The van der Waals surface area contributed by atoms with E-state index in [4.69, 9.17) is 15.0 Å². The highest BCUT2D eigenvalue weighted by molar-refractivity contribution is 6.50. The van der Waals surface area contributed by atoms with Gasteiger partial charge in [0.15, 0.2) is 6.10 Å². The maximum atomic E-state index is 13.4. The van der Waals surface area contributed by atoms with Gasteiger partial charge >= 0.3 is 19.1 Å². The minimum absolute atomic E-state index is 0.0123. The summed E-state index contributed by atoms with van der Waals surface area (Å²) in [5, 5.41) is 14.8. The largest absolute Gasteiger partial charge is 0.552 e. The fourth-order valence-corrected chi connectivity index (χ4v) is 3.70. The fraction of sp³-hybridized carbons (Fsp3) is 0.391. The van der Waals surface area contributed by atoms with E-state index in [9.17, 15) is 24.3 Å². The molecule has 2 heterocycles. The molecule has 2 aromatic rings. The van der Waals surface area contributed by atoms with E-state index in [1.165, 1.54) is 18.6 Å². The molecule has 3 rings (SSSR count). The van der Waals surface area contributed by atoms with Crippen LogP contribution < -0.4 is 16.4 Å². The van der Waals surface area contributed by atoms with Crippen LogP contribution in [-0.2, 0) is 30.1 Å². The molecule has 0 saturated carbocycles. The second-order valence-corrected chi connectivity index (χ2v) is 8.78. The Morgan fingerprint density at radius 3 is 2.50 bits per heavy atom. The molecule has 0 aliphatic carbocycles. The number of carboxylic acid groups (broad SMARTS) is 1. The van der Waals surface area contributed by atoms with E-state index in [-0.39, 0.29) is 18.0 Å². The molecule has 1 aromatic carbocycles. The van der Waals surface area contributed by atoms with Crippen LogP contribution in [0.15, 0.2) is 48.9 Å². The summed E-state index contributed by atoms with van der Waals surface area (Å²) in [5.74, 6) is -4.43. The molecule has 0 unspecified atom stereocenters. The van der Waals surface area contributed by atoms with Crippen LogP contribution in [0.3, 0.4) is 0 Å². The molecule has 1 aliphatic rings. The summed E-state index contributed by atoms with van der Waals surface area (Å²) in [6.07, 6.45) is 2.88. The van der Waals surface area contributed by atoms with Crippen molar-refractivity contribution >= 4 is 30.9 Å². The first kappa shape index (κ1) is 26.8. The second kappa shape index (κ2) is 12.2. The molecule has 5 N–H and O–H groups in total. The van der Waals surface area contributed by atoms with E-state index < -0.39 is 55.0 Å². The molecule has 1 aromatic heterocycles. The zero-order valence-corrected chi connectivity index (χ0v) is 19.9. The zero-order chi connectivity index (χ0) is 26.2. The van der Waals surface area contributed by atoms with Crippen LogP contribution in [-0.4, -0.2) is 70.1 Å². The van der Waals surface area contributed by atoms with Gasteiger partial charge < -0.3 is 30.8 Å². The Hall–Kier alpha value is -3.84. The van der Waals surface area contributed by atoms with E-state index in [0.717, 1.165) is 5.56 Å². The number of rotatable bonds is 10. The molecule has 13 heteroatoms. The highest BCUT2D eigenvalue weighted by Gasteiger charge is 2.48. The molecule has 0 spiro atoms. The molecule has 12 nitrogen and oxygen atoms in total. The number of carbonyl (C=O) groups excluding carboxylic acids is 3. The van der Waals surface area contributed by atoms with Crippen molar-refractivity contribution in [2.75, 3.05) is 0 Å². The van der Waals surface area contributed by atoms with Crippen LogP contribution in [0.4, 0.5) is 0 Å². The van der Waals surface area contributed by atoms with Gasteiger partial charge in [0.2, 0.25) is 5.91 Å². The average molecular weight is 497 g/mol. The predicted octanol–water partition coefficient (Wildman–Crippen LogP) is -0.270. The Labute approximate surface area is 208 Å². The standard InChI is InChI=1S/C23H28BN5O7/c1-13(2)10-17(24-35-19(22(32)33)18(25)23(34)36-24)29-20(30)15(11-14-6-4-3-5-7-14)28-21(31)16-12-26-8-9-27-16/h3-9,12-13,15,17-19H,10-11,25H2,1-2H3,(H,28,31)(H,29,30)(H,32,33)/t15-,17-,18-,19+/m0/s1. The lowest BCUT2D eigenvalue weighted by Crippen LogP contribution is -2.64. The van der Waals surface area contributed by atoms with Crippen LogP contribution in [0.1, 0.15) is 36.3 Å². The molecule has 4 atom stereocenters. The third kappa shape index (κ3) is 7.09. The third-order valence-corrected chi connectivity index (χ3v) is 5.44. The second-order valence-electron chi connectivity index (χ2n) is 8.78. The summed E-state index contributed by atoms with van der Waals surface area (Å²) in [7, 11) is -1.38. The smallest absolute Gasteiger partial charge is 0.507 e. The van der Waals surface area contributed by atoms with E-state index in [1.54, 1.807) is 12.1 Å². The lowest BCUT2D eigenvalue weighted by molar-refractivity contribution is -0.159. The lowest BCUT2D eigenvalue weighted by atomic mass is 9.72. The van der Waals surface area contributed by atoms with Crippen molar-refractivity contribution in [3.63, 3.8) is 0 Å². The molecule has 2 amide bonds. The summed E-state index contributed by atoms with van der Waals surface area (Å²) >= 11 is 0. The zero-order valence-electron chi connectivity index (χ0n) is 19.9. The Kier molecular flexibility index (Phi) is 9.09. The van der Waals surface area contributed by atoms with Gasteiger partial charge in [-0.2, -0.15) is 0 Å². The fourth-order valence-electron chi connectivity index (χ4n) is 3.70. The summed E-state index contributed by atoms with van der Waals surface area (Å²) in [6.45, 7) is 3.75. The third-order valence-electron chi connectivity index (χ3n) is 5.44. The normalized spacial score (nSPS) is 19.2. The number of aliphatic carboxylic acids is 1. The van der Waals surface area contributed by atoms with Gasteiger partial charge in [-0.05, 0) is 17.9 Å². The number of carboxylic acids is 1. The average Bonchev–Trinajstić information content (AvgIpc) is 2.85. The van der Waals surface area contributed by atoms with Crippen LogP contribution in [0.25, 0.3) is 0 Å². The van der Waals surface area contributed by atoms with Gasteiger partial charge in [0.1, 0.15) is 17.8 Å². The topological polar surface area (TPSA) is 183 Å². The lowest BCUT2D eigenvalue weighted by Gasteiger charge is -2.34. The van der Waals surface area contributed by atoms with E-state index in [2.05, 4.69) is 20.6 Å². The minimum Gasteiger partial charge on any atom is -0.507 e. The monoisotopic (exact) mass is 497 g/mol. The van der Waals surface area contributed by atoms with Crippen molar-refractivity contribution in [1.82, 2.24) is 20.6 Å². The Morgan fingerprint density at radius 1 is 1.17 bits per heavy atom. The summed E-state index contributed by atoms with van der Waals surface area (Å²) in [4.78, 5) is 57.7. The van der Waals surface area contributed by atoms with Gasteiger partial charge in [0.05, 0.1) is 12.1 Å². The number of nitrogens with two attached hydrogens (primary N) is 1. The number of carbonyl (C=O) groups is 4. The molecule has 1 fully saturated rings. The predicted molar refractivity (Wildman–Crippen MR) is 127 cm³/mol. The first-order chi connectivity index (χ1) is 17.2. The summed E-state index contributed by atoms with van der Waals surface area (Å²) in [6, 6.07) is 6.53. The van der Waals surface area contributed by atoms with Crippen LogP contribution in [0.2, 0.25) is 0 Å². The maximum absolute atomic E-state index is 13.4. The molecule has 1 aliphatic heterocycles. The van der Waals surface area contributed by atoms with Crippen molar-refractivity contribution in [3.05, 3.63) is 60.2 Å². The highest BCUT2D eigenvalue weighted by Crippen LogP contribution is 2.18. The molecular weight excluding hydrogens is 469 g/mol. The van der Waals surface area contributed by atoms with Crippen LogP contribution in [0.5, 0.6) is 0 Å². The van der Waals surface area contributed by atoms with E-state index in [1.807, 2.05) is 32.0 Å². The number of nitrogens with one attached hydrogen (secondary N) is 2. The van der Waals surface area contributed by atoms with Gasteiger partial charge in [-0.15, -0.1) is 0 Å². The number of nitrogens with zero attached hydrogens (tertiary/aromatic N) is 2. The summed E-state index contributed by atoms with van der Waals surface area (Å²) < 4.78 is 10.7. The Bertz CT molecular complexity index is 1070. The maximum Gasteiger partial charge on any atom is 0.552 e. The van der Waals surface area contributed by atoms with Crippen molar-refractivity contribution < 1.29 is 33.6 Å². The molecule has 36 heavy (non-hydrogen) atoms. The van der Waals surface area contributed by atoms with Gasteiger partial charge in [-0.25, -0.2) is 9.78 Å². The summed E-state index contributed by atoms with van der Waals surface area (Å²) in [5.41, 5.74) is 6.43. The van der Waals surface area contributed by atoms with Gasteiger partial charge in [-0.3, -0.25) is 19.4 Å². The molecular formula is C23H28BN5O7. The number of aromatic nitrogens is 2. The number of benzene rings is 1. The molecule has 190 valence electrons. The first-order valence-corrected chi connectivity index (χ1v) is 11.4. The van der Waals surface area contributed by atoms with E-state index in [0.29, 0.717) is 6.42 Å².